The molecule has 5 heteroatoms. The Kier molecular flexibility index (Phi) is 6.83. The van der Waals surface area contributed by atoms with Crippen LogP contribution in [0.4, 0.5) is 0 Å². The lowest BCUT2D eigenvalue weighted by Gasteiger charge is -2.43. The van der Waals surface area contributed by atoms with Gasteiger partial charge >= 0.3 is 0 Å². The number of carbonyl (C=O) groups excluding carboxylic acids is 1. The molecule has 1 amide bonds. The molecular weight excluding hydrogens is 352 g/mol. The SMILES string of the molecule is Cc1ccccc1CCNC[C@@]1(O)CN(C(=O)Cc2ccccc2)CC[C@@H]1O. The van der Waals surface area contributed by atoms with Gasteiger partial charge in [0.05, 0.1) is 19.1 Å². The normalized spacial score (nSPS) is 22.2. The van der Waals surface area contributed by atoms with Crippen LogP contribution in [0.1, 0.15) is 23.1 Å². The second kappa shape index (κ2) is 9.32. The van der Waals surface area contributed by atoms with E-state index in [1.807, 2.05) is 42.5 Å². The van der Waals surface area contributed by atoms with Gasteiger partial charge in [0.25, 0.3) is 0 Å². The molecule has 0 radical (unpaired) electrons. The minimum absolute atomic E-state index is 0.0172. The summed E-state index contributed by atoms with van der Waals surface area (Å²) < 4.78 is 0. The Bertz CT molecular complexity index is 780. The van der Waals surface area contributed by atoms with Gasteiger partial charge in [-0.1, -0.05) is 54.6 Å². The predicted molar refractivity (Wildman–Crippen MR) is 110 cm³/mol. The number of piperidine rings is 1. The van der Waals surface area contributed by atoms with Crippen molar-refractivity contribution in [2.75, 3.05) is 26.2 Å². The third kappa shape index (κ3) is 5.19. The van der Waals surface area contributed by atoms with Gasteiger partial charge in [0.15, 0.2) is 0 Å². The molecule has 3 N–H and O–H groups in total. The van der Waals surface area contributed by atoms with Crippen LogP contribution in [0.15, 0.2) is 54.6 Å². The number of β-amino-alcohol motifs (C(OH)–C–C–N with tert-alkyl or cyclic N) is 1. The minimum Gasteiger partial charge on any atom is -0.390 e. The fourth-order valence-electron chi connectivity index (χ4n) is 3.75. The van der Waals surface area contributed by atoms with Crippen LogP contribution in [0.5, 0.6) is 0 Å². The Balaban J connectivity index is 1.52. The van der Waals surface area contributed by atoms with Gasteiger partial charge in [-0.2, -0.15) is 0 Å². The molecule has 2 atom stereocenters. The maximum absolute atomic E-state index is 12.6. The van der Waals surface area contributed by atoms with E-state index in [1.165, 1.54) is 11.1 Å². The van der Waals surface area contributed by atoms with Gasteiger partial charge < -0.3 is 20.4 Å². The zero-order valence-electron chi connectivity index (χ0n) is 16.5. The van der Waals surface area contributed by atoms with Crippen LogP contribution in [0, 0.1) is 6.92 Å². The molecule has 0 spiro atoms. The summed E-state index contributed by atoms with van der Waals surface area (Å²) in [6.07, 6.45) is 0.721. The molecule has 1 fully saturated rings. The number of amides is 1. The lowest BCUT2D eigenvalue weighted by Crippen LogP contribution is -2.62. The maximum Gasteiger partial charge on any atom is 0.227 e. The third-order valence-corrected chi connectivity index (χ3v) is 5.57. The summed E-state index contributed by atoms with van der Waals surface area (Å²) in [5.41, 5.74) is 2.15. The molecule has 5 nitrogen and oxygen atoms in total. The number of hydrogen-bond donors (Lipinski definition) is 3. The van der Waals surface area contributed by atoms with Crippen LogP contribution in [-0.2, 0) is 17.6 Å². The molecule has 0 unspecified atom stereocenters. The first kappa shape index (κ1) is 20.5. The number of aliphatic hydroxyl groups is 2. The number of benzene rings is 2. The van der Waals surface area contributed by atoms with E-state index < -0.39 is 11.7 Å². The molecule has 3 rings (SSSR count). The number of aliphatic hydroxyl groups excluding tert-OH is 1. The predicted octanol–water partition coefficient (Wildman–Crippen LogP) is 1.69. The fourth-order valence-corrected chi connectivity index (χ4v) is 3.75. The van der Waals surface area contributed by atoms with Gasteiger partial charge in [0, 0.05) is 13.1 Å². The van der Waals surface area contributed by atoms with E-state index >= 15 is 0 Å². The molecular formula is C23H30N2O3. The number of hydrogen-bond acceptors (Lipinski definition) is 4. The maximum atomic E-state index is 12.6. The van der Waals surface area contributed by atoms with Crippen molar-refractivity contribution >= 4 is 5.91 Å². The van der Waals surface area contributed by atoms with E-state index in [1.54, 1.807) is 4.90 Å². The summed E-state index contributed by atoms with van der Waals surface area (Å²) in [5.74, 6) is -0.0172. The van der Waals surface area contributed by atoms with Gasteiger partial charge in [-0.15, -0.1) is 0 Å². The Morgan fingerprint density at radius 1 is 1.18 bits per heavy atom. The van der Waals surface area contributed by atoms with Gasteiger partial charge in [-0.3, -0.25) is 4.79 Å². The number of rotatable bonds is 7. The molecule has 150 valence electrons. The fraction of sp³-hybridized carbons (Fsp3) is 0.435. The molecule has 1 aliphatic heterocycles. The number of likely N-dealkylation sites (tertiary alicyclic amines) is 1. The average Bonchev–Trinajstić information content (AvgIpc) is 2.69. The van der Waals surface area contributed by atoms with Crippen molar-refractivity contribution in [3.05, 3.63) is 71.3 Å². The smallest absolute Gasteiger partial charge is 0.227 e. The van der Waals surface area contributed by atoms with Crippen molar-refractivity contribution in [2.24, 2.45) is 0 Å². The Morgan fingerprint density at radius 3 is 2.64 bits per heavy atom. The summed E-state index contributed by atoms with van der Waals surface area (Å²) in [6, 6.07) is 17.8. The molecule has 0 bridgehead atoms. The zero-order chi connectivity index (χ0) is 20.0. The molecule has 2 aromatic rings. The third-order valence-electron chi connectivity index (χ3n) is 5.57. The number of aryl methyl sites for hydroxylation is 1. The Morgan fingerprint density at radius 2 is 1.89 bits per heavy atom. The largest absolute Gasteiger partial charge is 0.390 e. The van der Waals surface area contributed by atoms with E-state index in [0.29, 0.717) is 25.9 Å². The standard InChI is InChI=1S/C23H30N2O3/c1-18-7-5-6-10-20(18)11-13-24-16-23(28)17-25(14-12-21(23)26)22(27)15-19-8-3-2-4-9-19/h2-10,21,24,26,28H,11-17H2,1H3/t21-,23+/m0/s1. The quantitative estimate of drug-likeness (QED) is 0.638. The highest BCUT2D eigenvalue weighted by Gasteiger charge is 2.42. The van der Waals surface area contributed by atoms with Gasteiger partial charge in [-0.25, -0.2) is 0 Å². The van der Waals surface area contributed by atoms with Gasteiger partial charge in [0.1, 0.15) is 5.60 Å². The second-order valence-corrected chi connectivity index (χ2v) is 7.74. The molecule has 1 aliphatic rings. The van der Waals surface area contributed by atoms with Crippen LogP contribution in [0.2, 0.25) is 0 Å². The molecule has 2 aromatic carbocycles. The van der Waals surface area contributed by atoms with E-state index in [-0.39, 0.29) is 19.0 Å². The Labute approximate surface area is 167 Å². The highest BCUT2D eigenvalue weighted by Crippen LogP contribution is 2.22. The second-order valence-electron chi connectivity index (χ2n) is 7.74. The lowest BCUT2D eigenvalue weighted by atomic mass is 9.89. The van der Waals surface area contributed by atoms with E-state index in [0.717, 1.165) is 12.0 Å². The highest BCUT2D eigenvalue weighted by atomic mass is 16.3. The average molecular weight is 383 g/mol. The summed E-state index contributed by atoms with van der Waals surface area (Å²) >= 11 is 0. The summed E-state index contributed by atoms with van der Waals surface area (Å²) in [7, 11) is 0. The van der Waals surface area contributed by atoms with E-state index in [9.17, 15) is 15.0 Å². The molecule has 28 heavy (non-hydrogen) atoms. The van der Waals surface area contributed by atoms with Crippen molar-refractivity contribution in [1.29, 1.82) is 0 Å². The Hall–Kier alpha value is -2.21. The number of carbonyl (C=O) groups is 1. The van der Waals surface area contributed by atoms with Crippen molar-refractivity contribution in [3.63, 3.8) is 0 Å². The molecule has 0 saturated carbocycles. The van der Waals surface area contributed by atoms with Crippen molar-refractivity contribution in [1.82, 2.24) is 10.2 Å². The molecule has 0 aromatic heterocycles. The number of nitrogens with zero attached hydrogens (tertiary/aromatic N) is 1. The van der Waals surface area contributed by atoms with Crippen molar-refractivity contribution in [3.8, 4) is 0 Å². The van der Waals surface area contributed by atoms with Gasteiger partial charge in [0.2, 0.25) is 5.91 Å². The monoisotopic (exact) mass is 382 g/mol. The first-order valence-corrected chi connectivity index (χ1v) is 9.95. The van der Waals surface area contributed by atoms with Crippen LogP contribution < -0.4 is 5.32 Å². The topological polar surface area (TPSA) is 72.8 Å². The number of nitrogens with one attached hydrogen (secondary N) is 1. The van der Waals surface area contributed by atoms with Crippen LogP contribution in [-0.4, -0.2) is 58.9 Å². The first-order chi connectivity index (χ1) is 13.5. The van der Waals surface area contributed by atoms with E-state index in [2.05, 4.69) is 24.4 Å². The first-order valence-electron chi connectivity index (χ1n) is 9.95. The molecule has 0 aliphatic carbocycles. The zero-order valence-corrected chi connectivity index (χ0v) is 16.5. The van der Waals surface area contributed by atoms with Crippen LogP contribution in [0.3, 0.4) is 0 Å². The van der Waals surface area contributed by atoms with Crippen molar-refractivity contribution < 1.29 is 15.0 Å². The summed E-state index contributed by atoms with van der Waals surface area (Å²) in [4.78, 5) is 14.3. The van der Waals surface area contributed by atoms with Crippen molar-refractivity contribution in [2.45, 2.75) is 37.9 Å². The summed E-state index contributed by atoms with van der Waals surface area (Å²) in [6.45, 7) is 3.67. The molecule has 1 heterocycles. The minimum atomic E-state index is -1.32. The van der Waals surface area contributed by atoms with E-state index in [4.69, 9.17) is 0 Å². The van der Waals surface area contributed by atoms with Crippen LogP contribution in [0.25, 0.3) is 0 Å². The highest BCUT2D eigenvalue weighted by molar-refractivity contribution is 5.79. The molecule has 1 saturated heterocycles. The lowest BCUT2D eigenvalue weighted by molar-refractivity contribution is -0.150. The van der Waals surface area contributed by atoms with Crippen LogP contribution >= 0.6 is 0 Å². The summed E-state index contributed by atoms with van der Waals surface area (Å²) in [5, 5.41) is 24.6. The van der Waals surface area contributed by atoms with Gasteiger partial charge in [-0.05, 0) is 43.0 Å².